The number of hydrogen-bond donors (Lipinski definition) is 2. The predicted octanol–water partition coefficient (Wildman–Crippen LogP) is 3.08. The van der Waals surface area contributed by atoms with Crippen LogP contribution in [-0.2, 0) is 0 Å². The first-order valence-corrected chi connectivity index (χ1v) is 5.33. The van der Waals surface area contributed by atoms with Crippen molar-refractivity contribution in [1.29, 1.82) is 0 Å². The number of para-hydroxylation sites is 1. The Labute approximate surface area is 101 Å². The van der Waals surface area contributed by atoms with E-state index < -0.39 is 11.4 Å². The van der Waals surface area contributed by atoms with E-state index in [1.165, 1.54) is 6.07 Å². The van der Waals surface area contributed by atoms with Gasteiger partial charge in [-0.2, -0.15) is 8.78 Å². The molecule has 1 aromatic carbocycles. The summed E-state index contributed by atoms with van der Waals surface area (Å²) in [5.74, 6) is 5.09. The number of nitrogens with one attached hydrogen (secondary N) is 1. The lowest BCUT2D eigenvalue weighted by Gasteiger charge is -2.17. The maximum Gasteiger partial charge on any atom is 0.345 e. The van der Waals surface area contributed by atoms with Crippen molar-refractivity contribution in [3.8, 4) is 0 Å². The molecule has 3 N–H and O–H groups in total. The number of alkyl halides is 3. The van der Waals surface area contributed by atoms with E-state index in [0.29, 0.717) is 5.58 Å². The average molecular weight is 261 g/mol. The van der Waals surface area contributed by atoms with Gasteiger partial charge in [0.25, 0.3) is 0 Å². The zero-order valence-corrected chi connectivity index (χ0v) is 9.76. The monoisotopic (exact) mass is 260 g/mol. The van der Waals surface area contributed by atoms with E-state index in [0.717, 1.165) is 10.9 Å². The largest absolute Gasteiger partial charge is 0.459 e. The Bertz CT molecular complexity index is 536. The normalized spacial score (nSPS) is 14.2. The minimum Gasteiger partial charge on any atom is -0.459 e. The van der Waals surface area contributed by atoms with Crippen molar-refractivity contribution < 1.29 is 13.2 Å². The first kappa shape index (κ1) is 12.3. The van der Waals surface area contributed by atoms with Crippen molar-refractivity contribution in [1.82, 2.24) is 5.43 Å². The van der Waals surface area contributed by atoms with Gasteiger partial charge in [-0.1, -0.05) is 18.2 Å². The Hall–Kier alpha value is -1.17. The van der Waals surface area contributed by atoms with E-state index in [4.69, 9.17) is 21.9 Å². The number of halogens is 3. The average Bonchev–Trinajstić information content (AvgIpc) is 2.61. The standard InChI is InChI=1S/C11H11ClF2N2O/c1-6-3-2-4-7-5-8(17-9(6)7)10(16-15)11(12,13)14/h2-5,10,16H,15H2,1H3. The molecular weight excluding hydrogens is 250 g/mol. The van der Waals surface area contributed by atoms with Crippen LogP contribution in [-0.4, -0.2) is 5.38 Å². The van der Waals surface area contributed by atoms with Gasteiger partial charge in [-0.3, -0.25) is 5.84 Å². The van der Waals surface area contributed by atoms with Crippen molar-refractivity contribution in [2.24, 2.45) is 5.84 Å². The van der Waals surface area contributed by atoms with E-state index in [1.807, 2.05) is 24.5 Å². The van der Waals surface area contributed by atoms with Crippen LogP contribution in [0.4, 0.5) is 8.78 Å². The quantitative estimate of drug-likeness (QED) is 0.507. The number of benzene rings is 1. The van der Waals surface area contributed by atoms with Crippen molar-refractivity contribution in [3.05, 3.63) is 35.6 Å². The van der Waals surface area contributed by atoms with E-state index in [2.05, 4.69) is 0 Å². The molecule has 92 valence electrons. The summed E-state index contributed by atoms with van der Waals surface area (Å²) in [4.78, 5) is 0. The Morgan fingerprint density at radius 2 is 2.18 bits per heavy atom. The molecule has 2 aromatic rings. The molecule has 1 heterocycles. The van der Waals surface area contributed by atoms with E-state index >= 15 is 0 Å². The number of rotatable bonds is 3. The van der Waals surface area contributed by atoms with Gasteiger partial charge in [-0.05, 0) is 30.2 Å². The molecule has 1 unspecified atom stereocenters. The minimum atomic E-state index is -3.52. The zero-order valence-electron chi connectivity index (χ0n) is 9.01. The fourth-order valence-electron chi connectivity index (χ4n) is 1.71. The molecule has 1 aromatic heterocycles. The molecule has 6 heteroatoms. The number of nitrogens with two attached hydrogens (primary N) is 1. The molecule has 17 heavy (non-hydrogen) atoms. The Morgan fingerprint density at radius 1 is 1.47 bits per heavy atom. The highest BCUT2D eigenvalue weighted by atomic mass is 35.5. The van der Waals surface area contributed by atoms with Gasteiger partial charge < -0.3 is 4.42 Å². The SMILES string of the molecule is Cc1cccc2cc(C(NN)C(F)(F)Cl)oc12. The summed E-state index contributed by atoms with van der Waals surface area (Å²) in [7, 11) is 0. The lowest BCUT2D eigenvalue weighted by molar-refractivity contribution is 0.0417. The molecule has 3 nitrogen and oxygen atoms in total. The molecule has 0 bridgehead atoms. The fraction of sp³-hybridized carbons (Fsp3) is 0.273. The van der Waals surface area contributed by atoms with Gasteiger partial charge in [-0.25, -0.2) is 5.43 Å². The summed E-state index contributed by atoms with van der Waals surface area (Å²) in [6, 6.07) is 5.37. The van der Waals surface area contributed by atoms with E-state index in [9.17, 15) is 8.78 Å². The molecular formula is C11H11ClF2N2O. The van der Waals surface area contributed by atoms with Gasteiger partial charge in [0, 0.05) is 5.39 Å². The first-order chi connectivity index (χ1) is 7.93. The topological polar surface area (TPSA) is 51.2 Å². The molecule has 0 amide bonds. The molecule has 0 saturated heterocycles. The molecule has 1 atom stereocenters. The molecule has 0 aliphatic heterocycles. The predicted molar refractivity (Wildman–Crippen MR) is 61.8 cm³/mol. The summed E-state index contributed by atoms with van der Waals surface area (Å²) in [6.45, 7) is 1.83. The van der Waals surface area contributed by atoms with Crippen LogP contribution >= 0.6 is 11.6 Å². The van der Waals surface area contributed by atoms with Crippen LogP contribution < -0.4 is 11.3 Å². The van der Waals surface area contributed by atoms with Crippen LogP contribution in [0, 0.1) is 6.92 Å². The van der Waals surface area contributed by atoms with Crippen molar-refractivity contribution in [2.75, 3.05) is 0 Å². The molecule has 0 aliphatic carbocycles. The van der Waals surface area contributed by atoms with E-state index in [1.54, 1.807) is 6.07 Å². The van der Waals surface area contributed by atoms with Gasteiger partial charge in [-0.15, -0.1) is 0 Å². The first-order valence-electron chi connectivity index (χ1n) is 4.95. The molecule has 0 fully saturated rings. The van der Waals surface area contributed by atoms with Crippen molar-refractivity contribution in [2.45, 2.75) is 18.3 Å². The molecule has 0 radical (unpaired) electrons. The van der Waals surface area contributed by atoms with Gasteiger partial charge >= 0.3 is 5.38 Å². The Kier molecular flexibility index (Phi) is 3.07. The summed E-state index contributed by atoms with van der Waals surface area (Å²) in [5.41, 5.74) is 3.39. The van der Waals surface area contributed by atoms with Crippen LogP contribution in [0.15, 0.2) is 28.7 Å². The minimum absolute atomic E-state index is 0.0109. The number of hydrogen-bond acceptors (Lipinski definition) is 3. The molecule has 0 spiro atoms. The smallest absolute Gasteiger partial charge is 0.345 e. The van der Waals surface area contributed by atoms with Crippen LogP contribution in [0.1, 0.15) is 17.4 Å². The summed E-state index contributed by atoms with van der Waals surface area (Å²) in [6.07, 6.45) is 0. The summed E-state index contributed by atoms with van der Waals surface area (Å²) in [5, 5.41) is -2.78. The number of fused-ring (bicyclic) bond motifs is 1. The third-order valence-corrected chi connectivity index (χ3v) is 2.76. The molecule has 0 saturated carbocycles. The maximum atomic E-state index is 13.1. The second-order valence-electron chi connectivity index (χ2n) is 3.78. The zero-order chi connectivity index (χ0) is 12.6. The Morgan fingerprint density at radius 3 is 2.71 bits per heavy atom. The fourth-order valence-corrected chi connectivity index (χ4v) is 1.88. The summed E-state index contributed by atoms with van der Waals surface area (Å²) < 4.78 is 31.5. The third-order valence-electron chi connectivity index (χ3n) is 2.54. The van der Waals surface area contributed by atoms with E-state index in [-0.39, 0.29) is 5.76 Å². The third kappa shape index (κ3) is 2.26. The maximum absolute atomic E-state index is 13.1. The van der Waals surface area contributed by atoms with Crippen LogP contribution in [0.25, 0.3) is 11.0 Å². The number of hydrazine groups is 1. The van der Waals surface area contributed by atoms with Gasteiger partial charge in [0.05, 0.1) is 0 Å². The highest BCUT2D eigenvalue weighted by Crippen LogP contribution is 2.37. The highest BCUT2D eigenvalue weighted by Gasteiger charge is 2.40. The van der Waals surface area contributed by atoms with Crippen molar-refractivity contribution in [3.63, 3.8) is 0 Å². The van der Waals surface area contributed by atoms with Crippen molar-refractivity contribution >= 4 is 22.6 Å². The highest BCUT2D eigenvalue weighted by molar-refractivity contribution is 6.22. The van der Waals surface area contributed by atoms with Gasteiger partial charge in [0.2, 0.25) is 0 Å². The lowest BCUT2D eigenvalue weighted by Crippen LogP contribution is -2.37. The second-order valence-corrected chi connectivity index (χ2v) is 4.29. The molecule has 2 rings (SSSR count). The molecule has 0 aliphatic rings. The lowest BCUT2D eigenvalue weighted by atomic mass is 10.1. The Balaban J connectivity index is 2.52. The van der Waals surface area contributed by atoms with Crippen LogP contribution in [0.5, 0.6) is 0 Å². The van der Waals surface area contributed by atoms with Crippen LogP contribution in [0.2, 0.25) is 0 Å². The second kappa shape index (κ2) is 4.25. The number of furan rings is 1. The van der Waals surface area contributed by atoms with Gasteiger partial charge in [0.1, 0.15) is 11.3 Å². The summed E-state index contributed by atoms with van der Waals surface area (Å²) >= 11 is 4.97. The van der Waals surface area contributed by atoms with Crippen LogP contribution in [0.3, 0.4) is 0 Å². The number of aryl methyl sites for hydroxylation is 1. The van der Waals surface area contributed by atoms with Gasteiger partial charge in [0.15, 0.2) is 6.04 Å².